The first-order valence-corrected chi connectivity index (χ1v) is 7.39. The summed E-state index contributed by atoms with van der Waals surface area (Å²) < 4.78 is 5.56. The van der Waals surface area contributed by atoms with Gasteiger partial charge >= 0.3 is 0 Å². The topological polar surface area (TPSA) is 41.5 Å². The lowest BCUT2D eigenvalue weighted by atomic mass is 9.82. The molecule has 3 atom stereocenters. The Morgan fingerprint density at radius 3 is 2.67 bits per heavy atom. The third-order valence-corrected chi connectivity index (χ3v) is 3.57. The van der Waals surface area contributed by atoms with E-state index in [1.54, 1.807) is 0 Å². The molecule has 1 aliphatic rings. The molecule has 1 fully saturated rings. The zero-order chi connectivity index (χ0) is 13.6. The van der Waals surface area contributed by atoms with E-state index in [2.05, 4.69) is 12.2 Å². The maximum Gasteiger partial charge on any atom is 0.0897 e. The number of hydrogen-bond donors (Lipinski definition) is 2. The summed E-state index contributed by atoms with van der Waals surface area (Å²) in [6.45, 7) is 10.5. The zero-order valence-corrected chi connectivity index (χ0v) is 12.5. The van der Waals surface area contributed by atoms with Crippen molar-refractivity contribution in [3.63, 3.8) is 0 Å². The van der Waals surface area contributed by atoms with Gasteiger partial charge in [0.05, 0.1) is 18.3 Å². The molecular formula is C15H31NO2. The van der Waals surface area contributed by atoms with Crippen LogP contribution in [0.5, 0.6) is 0 Å². The first kappa shape index (κ1) is 15.9. The molecule has 3 heteroatoms. The predicted octanol–water partition coefficient (Wildman–Crippen LogP) is 2.58. The molecule has 0 amide bonds. The van der Waals surface area contributed by atoms with E-state index in [9.17, 15) is 5.11 Å². The van der Waals surface area contributed by atoms with Gasteiger partial charge in [-0.1, -0.05) is 19.8 Å². The zero-order valence-electron chi connectivity index (χ0n) is 12.5. The number of rotatable bonds is 6. The van der Waals surface area contributed by atoms with Crippen molar-refractivity contribution in [2.24, 2.45) is 11.8 Å². The van der Waals surface area contributed by atoms with Crippen LogP contribution in [0.3, 0.4) is 0 Å². The van der Waals surface area contributed by atoms with Gasteiger partial charge in [-0.05, 0) is 52.0 Å². The second-order valence-electron chi connectivity index (χ2n) is 6.87. The summed E-state index contributed by atoms with van der Waals surface area (Å²) in [5, 5.41) is 13.2. The SMILES string of the molecule is CC1CCCC(CNCC(O)COC(C)(C)C)C1. The van der Waals surface area contributed by atoms with E-state index in [1.807, 2.05) is 20.8 Å². The Kier molecular flexibility index (Phi) is 6.61. The minimum absolute atomic E-state index is 0.167. The molecule has 0 radical (unpaired) electrons. The normalized spacial score (nSPS) is 27.2. The fraction of sp³-hybridized carbons (Fsp3) is 1.00. The summed E-state index contributed by atoms with van der Waals surface area (Å²) in [6.07, 6.45) is 5.03. The molecule has 1 saturated carbocycles. The van der Waals surface area contributed by atoms with Crippen LogP contribution < -0.4 is 5.32 Å². The second-order valence-corrected chi connectivity index (χ2v) is 6.87. The van der Waals surface area contributed by atoms with Crippen molar-refractivity contribution in [1.29, 1.82) is 0 Å². The van der Waals surface area contributed by atoms with Crippen molar-refractivity contribution in [2.75, 3.05) is 19.7 Å². The molecule has 0 saturated heterocycles. The molecule has 0 aromatic heterocycles. The Hall–Kier alpha value is -0.120. The summed E-state index contributed by atoms with van der Waals surface area (Å²) in [6, 6.07) is 0. The van der Waals surface area contributed by atoms with Gasteiger partial charge in [-0.3, -0.25) is 0 Å². The predicted molar refractivity (Wildman–Crippen MR) is 75.7 cm³/mol. The number of ether oxygens (including phenoxy) is 1. The molecule has 18 heavy (non-hydrogen) atoms. The minimum Gasteiger partial charge on any atom is -0.389 e. The summed E-state index contributed by atoms with van der Waals surface area (Å²) in [4.78, 5) is 0. The fourth-order valence-electron chi connectivity index (χ4n) is 2.60. The third kappa shape index (κ3) is 7.34. The van der Waals surface area contributed by atoms with Crippen LogP contribution in [-0.4, -0.2) is 36.5 Å². The van der Waals surface area contributed by atoms with Crippen molar-refractivity contribution in [1.82, 2.24) is 5.32 Å². The Labute approximate surface area is 112 Å². The number of aliphatic hydroxyl groups is 1. The highest BCUT2D eigenvalue weighted by Gasteiger charge is 2.19. The van der Waals surface area contributed by atoms with E-state index in [-0.39, 0.29) is 5.60 Å². The van der Waals surface area contributed by atoms with E-state index >= 15 is 0 Å². The standard InChI is InChI=1S/C15H31NO2/c1-12-6-5-7-13(8-12)9-16-10-14(17)11-18-15(2,3)4/h12-14,16-17H,5-11H2,1-4H3. The first-order valence-electron chi connectivity index (χ1n) is 7.39. The maximum absolute atomic E-state index is 9.81. The molecule has 0 aliphatic heterocycles. The van der Waals surface area contributed by atoms with Gasteiger partial charge in [0, 0.05) is 6.54 Å². The third-order valence-electron chi connectivity index (χ3n) is 3.57. The highest BCUT2D eigenvalue weighted by atomic mass is 16.5. The lowest BCUT2D eigenvalue weighted by Crippen LogP contribution is -2.36. The molecule has 3 unspecified atom stereocenters. The molecular weight excluding hydrogens is 226 g/mol. The molecule has 0 aromatic carbocycles. The molecule has 2 N–H and O–H groups in total. The van der Waals surface area contributed by atoms with Crippen LogP contribution in [0.2, 0.25) is 0 Å². The van der Waals surface area contributed by atoms with Crippen LogP contribution in [0.4, 0.5) is 0 Å². The number of hydrogen-bond acceptors (Lipinski definition) is 3. The Bertz CT molecular complexity index is 225. The molecule has 3 nitrogen and oxygen atoms in total. The Morgan fingerprint density at radius 2 is 2.06 bits per heavy atom. The van der Waals surface area contributed by atoms with Crippen LogP contribution in [0.1, 0.15) is 53.4 Å². The molecule has 0 heterocycles. The van der Waals surface area contributed by atoms with E-state index in [0.29, 0.717) is 13.2 Å². The van der Waals surface area contributed by atoms with Gasteiger partial charge in [-0.2, -0.15) is 0 Å². The fourth-order valence-corrected chi connectivity index (χ4v) is 2.60. The average molecular weight is 257 g/mol. The number of aliphatic hydroxyl groups excluding tert-OH is 1. The van der Waals surface area contributed by atoms with Gasteiger partial charge in [-0.25, -0.2) is 0 Å². The highest BCUT2D eigenvalue weighted by Crippen LogP contribution is 2.27. The second kappa shape index (κ2) is 7.46. The number of nitrogens with one attached hydrogen (secondary N) is 1. The van der Waals surface area contributed by atoms with Crippen LogP contribution in [0, 0.1) is 11.8 Å². The lowest BCUT2D eigenvalue weighted by molar-refractivity contribution is -0.0480. The van der Waals surface area contributed by atoms with E-state index < -0.39 is 6.10 Å². The van der Waals surface area contributed by atoms with Gasteiger partial charge in [0.15, 0.2) is 0 Å². The molecule has 1 rings (SSSR count). The monoisotopic (exact) mass is 257 g/mol. The van der Waals surface area contributed by atoms with Gasteiger partial charge < -0.3 is 15.2 Å². The van der Waals surface area contributed by atoms with Crippen LogP contribution >= 0.6 is 0 Å². The largest absolute Gasteiger partial charge is 0.389 e. The summed E-state index contributed by atoms with van der Waals surface area (Å²) in [5.41, 5.74) is -0.167. The average Bonchev–Trinajstić information content (AvgIpc) is 2.25. The van der Waals surface area contributed by atoms with Crippen molar-refractivity contribution >= 4 is 0 Å². The quantitative estimate of drug-likeness (QED) is 0.768. The van der Waals surface area contributed by atoms with E-state index in [4.69, 9.17) is 4.74 Å². The Balaban J connectivity index is 2.06. The highest BCUT2D eigenvalue weighted by molar-refractivity contribution is 4.73. The van der Waals surface area contributed by atoms with Crippen molar-refractivity contribution in [3.8, 4) is 0 Å². The van der Waals surface area contributed by atoms with E-state index in [1.165, 1.54) is 25.7 Å². The van der Waals surface area contributed by atoms with Crippen LogP contribution in [0.15, 0.2) is 0 Å². The summed E-state index contributed by atoms with van der Waals surface area (Å²) >= 11 is 0. The molecule has 0 bridgehead atoms. The smallest absolute Gasteiger partial charge is 0.0897 e. The Morgan fingerprint density at radius 1 is 1.33 bits per heavy atom. The van der Waals surface area contributed by atoms with Crippen molar-refractivity contribution in [2.45, 2.75) is 65.1 Å². The molecule has 1 aliphatic carbocycles. The maximum atomic E-state index is 9.81. The van der Waals surface area contributed by atoms with Gasteiger partial charge in [0.2, 0.25) is 0 Å². The van der Waals surface area contributed by atoms with Gasteiger partial charge in [0.25, 0.3) is 0 Å². The van der Waals surface area contributed by atoms with Gasteiger partial charge in [0.1, 0.15) is 0 Å². The summed E-state index contributed by atoms with van der Waals surface area (Å²) in [5.74, 6) is 1.67. The van der Waals surface area contributed by atoms with Crippen LogP contribution in [0.25, 0.3) is 0 Å². The van der Waals surface area contributed by atoms with Crippen molar-refractivity contribution < 1.29 is 9.84 Å². The van der Waals surface area contributed by atoms with Gasteiger partial charge in [-0.15, -0.1) is 0 Å². The molecule has 0 spiro atoms. The van der Waals surface area contributed by atoms with Crippen LogP contribution in [-0.2, 0) is 4.74 Å². The van der Waals surface area contributed by atoms with Crippen molar-refractivity contribution in [3.05, 3.63) is 0 Å². The molecule has 108 valence electrons. The summed E-state index contributed by atoms with van der Waals surface area (Å²) in [7, 11) is 0. The lowest BCUT2D eigenvalue weighted by Gasteiger charge is -2.27. The minimum atomic E-state index is -0.398. The first-order chi connectivity index (χ1) is 8.37. The van der Waals surface area contributed by atoms with E-state index in [0.717, 1.165) is 18.4 Å². The molecule has 0 aromatic rings.